The molecule has 0 radical (unpaired) electrons. The molecule has 1 saturated carbocycles. The Hall–Kier alpha value is 0.300. The Morgan fingerprint density at radius 3 is 2.36 bits per heavy atom. The minimum atomic E-state index is -3.07. The Kier molecular flexibility index (Phi) is 2.86. The van der Waals surface area contributed by atoms with Gasteiger partial charge in [-0.2, -0.15) is 8.78 Å². The average Bonchev–Trinajstić information content (AvgIpc) is 2.75. The maximum absolute atomic E-state index is 13.0. The zero-order valence-electron chi connectivity index (χ0n) is 7.72. The summed E-state index contributed by atoms with van der Waals surface area (Å²) >= 11 is 5.09. The number of hydrogen-bond acceptors (Lipinski definition) is 1. The van der Waals surface area contributed by atoms with Gasteiger partial charge in [0, 0.05) is 28.2 Å². The molecule has 2 aliphatic rings. The lowest BCUT2D eigenvalue weighted by Crippen LogP contribution is -2.36. The molecule has 0 aromatic heterocycles. The summed E-state index contributed by atoms with van der Waals surface area (Å²) in [6, 6.07) is 0. The lowest BCUT2D eigenvalue weighted by Gasteiger charge is -2.30. The van der Waals surface area contributed by atoms with Gasteiger partial charge in [0.1, 0.15) is 0 Å². The maximum Gasteiger partial charge on any atom is 0.324 e. The summed E-state index contributed by atoms with van der Waals surface area (Å²) in [5, 5.41) is -3.07. The van der Waals surface area contributed by atoms with Crippen molar-refractivity contribution in [2.75, 3.05) is 11.5 Å². The van der Waals surface area contributed by atoms with Crippen molar-refractivity contribution >= 4 is 22.4 Å². The molecule has 2 fully saturated rings. The fourth-order valence-corrected chi connectivity index (χ4v) is 3.56. The van der Waals surface area contributed by atoms with Crippen LogP contribution in [0.2, 0.25) is 0 Å². The van der Waals surface area contributed by atoms with Crippen LogP contribution >= 0.6 is 11.6 Å². The number of alkyl halides is 3. The molecular weight excluding hydrogens is 230 g/mol. The van der Waals surface area contributed by atoms with Gasteiger partial charge in [-0.15, -0.1) is 0 Å². The maximum atomic E-state index is 13.0. The van der Waals surface area contributed by atoms with Crippen LogP contribution in [0.3, 0.4) is 0 Å². The quantitative estimate of drug-likeness (QED) is 0.693. The minimum Gasteiger partial charge on any atom is -0.260 e. The molecule has 1 heterocycles. The predicted molar refractivity (Wildman–Crippen MR) is 53.0 cm³/mol. The summed E-state index contributed by atoms with van der Waals surface area (Å²) in [6.45, 7) is 0. The number of hydrogen-bond donors (Lipinski definition) is 0. The van der Waals surface area contributed by atoms with Crippen LogP contribution < -0.4 is 0 Å². The van der Waals surface area contributed by atoms with Gasteiger partial charge in [-0.25, -0.2) is 0 Å². The summed E-state index contributed by atoms with van der Waals surface area (Å²) in [5.41, 5.74) is 0. The number of rotatable bonds is 4. The Labute approximate surface area is 89.7 Å². The van der Waals surface area contributed by atoms with Crippen molar-refractivity contribution in [1.29, 1.82) is 0 Å². The van der Waals surface area contributed by atoms with Gasteiger partial charge in [0.15, 0.2) is 0 Å². The van der Waals surface area contributed by atoms with Gasteiger partial charge >= 0.3 is 5.38 Å². The first-order valence-electron chi connectivity index (χ1n) is 4.88. The first-order chi connectivity index (χ1) is 6.47. The summed E-state index contributed by atoms with van der Waals surface area (Å²) in [4.78, 5) is 0. The monoisotopic (exact) mass is 242 g/mol. The lowest BCUT2D eigenvalue weighted by atomic mass is 9.92. The molecule has 0 aromatic carbocycles. The van der Waals surface area contributed by atoms with E-state index in [4.69, 9.17) is 11.6 Å². The highest BCUT2D eigenvalue weighted by atomic mass is 35.5. The topological polar surface area (TPSA) is 17.1 Å². The molecule has 1 atom stereocenters. The third-order valence-corrected chi connectivity index (χ3v) is 5.01. The second kappa shape index (κ2) is 3.71. The van der Waals surface area contributed by atoms with E-state index in [1.807, 2.05) is 0 Å². The Bertz CT molecular complexity index is 242. The molecule has 0 N–H and O–H groups in total. The highest BCUT2D eigenvalue weighted by Gasteiger charge is 2.48. The smallest absolute Gasteiger partial charge is 0.260 e. The van der Waals surface area contributed by atoms with Crippen molar-refractivity contribution in [2.45, 2.75) is 24.6 Å². The molecule has 0 spiro atoms. The summed E-state index contributed by atoms with van der Waals surface area (Å²) in [7, 11) is -0.746. The van der Waals surface area contributed by atoms with E-state index in [1.165, 1.54) is 0 Å². The van der Waals surface area contributed by atoms with Gasteiger partial charge in [0.05, 0.1) is 0 Å². The van der Waals surface area contributed by atoms with E-state index in [0.717, 1.165) is 12.8 Å². The summed E-state index contributed by atoms with van der Waals surface area (Å²) in [5.74, 6) is 0.820. The van der Waals surface area contributed by atoms with Gasteiger partial charge in [-0.3, -0.25) is 4.21 Å². The van der Waals surface area contributed by atoms with E-state index >= 15 is 0 Å². The zero-order valence-corrected chi connectivity index (χ0v) is 9.29. The van der Waals surface area contributed by atoms with Crippen LogP contribution in [0.15, 0.2) is 0 Å². The molecular formula is C9H13ClF2OS. The van der Waals surface area contributed by atoms with E-state index in [-0.39, 0.29) is 11.8 Å². The second-order valence-electron chi connectivity index (χ2n) is 4.36. The molecule has 0 amide bonds. The molecule has 1 unspecified atom stereocenters. The lowest BCUT2D eigenvalue weighted by molar-refractivity contribution is 0.00762. The Morgan fingerprint density at radius 1 is 1.43 bits per heavy atom. The van der Waals surface area contributed by atoms with Crippen molar-refractivity contribution in [3.05, 3.63) is 0 Å². The fourth-order valence-electron chi connectivity index (χ4n) is 2.06. The third-order valence-electron chi connectivity index (χ3n) is 3.04. The first-order valence-corrected chi connectivity index (χ1v) is 6.75. The van der Waals surface area contributed by atoms with Crippen molar-refractivity contribution in [3.63, 3.8) is 0 Å². The molecule has 1 aliphatic heterocycles. The fraction of sp³-hybridized carbons (Fsp3) is 1.00. The molecule has 14 heavy (non-hydrogen) atoms. The minimum absolute atomic E-state index is 0.108. The molecule has 5 heteroatoms. The van der Waals surface area contributed by atoms with Crippen LogP contribution in [0.1, 0.15) is 19.3 Å². The van der Waals surface area contributed by atoms with E-state index in [9.17, 15) is 13.0 Å². The van der Waals surface area contributed by atoms with E-state index in [2.05, 4.69) is 0 Å². The van der Waals surface area contributed by atoms with E-state index in [1.54, 1.807) is 0 Å². The molecule has 0 bridgehead atoms. The highest BCUT2D eigenvalue weighted by Crippen LogP contribution is 2.49. The van der Waals surface area contributed by atoms with Crippen LogP contribution in [0, 0.1) is 17.8 Å². The number of halogens is 3. The molecule has 2 rings (SSSR count). The second-order valence-corrected chi connectivity index (χ2v) is 6.41. The first kappa shape index (κ1) is 10.8. The van der Waals surface area contributed by atoms with Crippen molar-refractivity contribution in [2.24, 2.45) is 17.8 Å². The zero-order chi connectivity index (χ0) is 10.3. The van der Waals surface area contributed by atoms with E-state index < -0.39 is 22.1 Å². The Balaban J connectivity index is 1.88. The predicted octanol–water partition coefficient (Wildman–Crippen LogP) is 2.61. The standard InChI is InChI=1S/C9H13ClF2OS/c10-9(11,12)8(7-1-2-7)3-6-4-14(13)5-6/h6-8H,1-5H2. The van der Waals surface area contributed by atoms with Gasteiger partial charge in [-0.05, 0) is 42.7 Å². The molecule has 1 saturated heterocycles. The van der Waals surface area contributed by atoms with Crippen LogP contribution in [0.5, 0.6) is 0 Å². The van der Waals surface area contributed by atoms with Gasteiger partial charge in [-0.1, -0.05) is 0 Å². The van der Waals surface area contributed by atoms with Gasteiger partial charge in [0.2, 0.25) is 0 Å². The van der Waals surface area contributed by atoms with Crippen molar-refractivity contribution in [1.82, 2.24) is 0 Å². The van der Waals surface area contributed by atoms with Crippen molar-refractivity contribution in [3.8, 4) is 0 Å². The van der Waals surface area contributed by atoms with Crippen LogP contribution in [-0.2, 0) is 10.8 Å². The van der Waals surface area contributed by atoms with Crippen LogP contribution in [-0.4, -0.2) is 21.1 Å². The largest absolute Gasteiger partial charge is 0.324 e. The van der Waals surface area contributed by atoms with Gasteiger partial charge in [0.25, 0.3) is 0 Å². The normalized spacial score (nSPS) is 35.1. The Morgan fingerprint density at radius 2 is 2.00 bits per heavy atom. The van der Waals surface area contributed by atoms with Crippen molar-refractivity contribution < 1.29 is 13.0 Å². The average molecular weight is 243 g/mol. The van der Waals surface area contributed by atoms with E-state index in [0.29, 0.717) is 17.9 Å². The molecule has 82 valence electrons. The van der Waals surface area contributed by atoms with Crippen LogP contribution in [0.4, 0.5) is 8.78 Å². The highest BCUT2D eigenvalue weighted by molar-refractivity contribution is 7.86. The van der Waals surface area contributed by atoms with Gasteiger partial charge < -0.3 is 0 Å². The molecule has 0 aromatic rings. The SMILES string of the molecule is O=S1CC(CC(C2CC2)C(F)(F)Cl)C1. The third kappa shape index (κ3) is 2.45. The van der Waals surface area contributed by atoms with Crippen LogP contribution in [0.25, 0.3) is 0 Å². The summed E-state index contributed by atoms with van der Waals surface area (Å²) < 4.78 is 36.8. The molecule has 1 aliphatic carbocycles. The molecule has 1 nitrogen and oxygen atoms in total. The summed E-state index contributed by atoms with van der Waals surface area (Å²) in [6.07, 6.45) is 2.21.